The molecule has 4 amide bonds. The molecular formula is C27H27BrFN3O5. The molecule has 0 unspecified atom stereocenters. The lowest BCUT2D eigenvalue weighted by atomic mass is 9.85. The van der Waals surface area contributed by atoms with Crippen LogP contribution in [0.4, 0.5) is 9.18 Å². The van der Waals surface area contributed by atoms with Crippen molar-refractivity contribution < 1.29 is 28.7 Å². The molecule has 2 N–H and O–H groups in total. The molecule has 3 aliphatic rings. The maximum atomic E-state index is 13.6. The largest absolute Gasteiger partial charge is 0.481 e. The molecular weight excluding hydrogens is 545 g/mol. The molecule has 1 heterocycles. The summed E-state index contributed by atoms with van der Waals surface area (Å²) in [5, 5.41) is 12.2. The number of aliphatic carboxylic acids is 1. The summed E-state index contributed by atoms with van der Waals surface area (Å²) in [6.07, 6.45) is 2.92. The van der Waals surface area contributed by atoms with Gasteiger partial charge in [-0.25, -0.2) is 9.18 Å². The second-order valence-corrected chi connectivity index (χ2v) is 10.9. The summed E-state index contributed by atoms with van der Waals surface area (Å²) in [4.78, 5) is 54.2. The van der Waals surface area contributed by atoms with E-state index in [1.54, 1.807) is 17.0 Å². The van der Waals surface area contributed by atoms with Gasteiger partial charge in [-0.2, -0.15) is 0 Å². The van der Waals surface area contributed by atoms with Crippen molar-refractivity contribution in [1.82, 2.24) is 15.1 Å². The average Bonchev–Trinajstić information content (AvgIpc) is 3.35. The maximum absolute atomic E-state index is 13.6. The number of hydrogen-bond acceptors (Lipinski definition) is 4. The summed E-state index contributed by atoms with van der Waals surface area (Å²) in [5.74, 6) is -2.53. The van der Waals surface area contributed by atoms with Gasteiger partial charge in [-0.1, -0.05) is 34.1 Å². The zero-order chi connectivity index (χ0) is 26.3. The van der Waals surface area contributed by atoms with Crippen LogP contribution < -0.4 is 5.32 Å². The van der Waals surface area contributed by atoms with Crippen molar-refractivity contribution in [3.63, 3.8) is 0 Å². The maximum Gasteiger partial charge on any atom is 0.325 e. The zero-order valence-corrected chi connectivity index (χ0v) is 21.7. The molecule has 1 spiro atoms. The molecule has 0 radical (unpaired) electrons. The van der Waals surface area contributed by atoms with Crippen LogP contribution in [0.5, 0.6) is 0 Å². The topological polar surface area (TPSA) is 107 Å². The van der Waals surface area contributed by atoms with Crippen molar-refractivity contribution in [3.8, 4) is 0 Å². The molecule has 1 aliphatic heterocycles. The lowest BCUT2D eigenvalue weighted by Crippen LogP contribution is -2.48. The normalized spacial score (nSPS) is 24.8. The van der Waals surface area contributed by atoms with Crippen molar-refractivity contribution >= 4 is 39.7 Å². The first-order valence-corrected chi connectivity index (χ1v) is 13.2. The number of carboxylic acid groups (broad SMARTS) is 1. The van der Waals surface area contributed by atoms with Crippen LogP contribution >= 0.6 is 15.9 Å². The van der Waals surface area contributed by atoms with Gasteiger partial charge in [-0.15, -0.1) is 0 Å². The lowest BCUT2D eigenvalue weighted by molar-refractivity contribution is -0.145. The number of urea groups is 1. The minimum absolute atomic E-state index is 0.174. The molecule has 0 aromatic heterocycles. The van der Waals surface area contributed by atoms with E-state index < -0.39 is 47.6 Å². The summed E-state index contributed by atoms with van der Waals surface area (Å²) < 4.78 is 14.3. The first-order chi connectivity index (χ1) is 17.7. The predicted octanol–water partition coefficient (Wildman–Crippen LogP) is 3.95. The Bertz CT molecular complexity index is 1260. The minimum atomic E-state index is -1.17. The standard InChI is InChI=1S/C27H27BrFN3O5/c28-19-5-10-22-18(13-19)11-12-27(22)25(36)32(26(37)30-27)15-23(33)31(14-16-1-6-20(29)7-2-16)21-8-3-17(4-9-21)24(34)35/h1-2,5-7,10,13,17,21H,3-4,8-9,11-12,14-15H2,(H,30,37)(H,34,35)/t17?,21?,27-/m0/s1. The Morgan fingerprint density at radius 2 is 1.81 bits per heavy atom. The van der Waals surface area contributed by atoms with Crippen LogP contribution in [0, 0.1) is 11.7 Å². The Labute approximate surface area is 221 Å². The number of imide groups is 1. The Balaban J connectivity index is 1.36. The summed E-state index contributed by atoms with van der Waals surface area (Å²) in [7, 11) is 0. The number of aryl methyl sites for hydroxylation is 1. The Morgan fingerprint density at radius 3 is 2.49 bits per heavy atom. The number of benzene rings is 2. The van der Waals surface area contributed by atoms with Crippen molar-refractivity contribution in [1.29, 1.82) is 0 Å². The van der Waals surface area contributed by atoms with Gasteiger partial charge in [0.25, 0.3) is 5.91 Å². The van der Waals surface area contributed by atoms with Crippen molar-refractivity contribution in [2.45, 2.75) is 56.7 Å². The summed E-state index contributed by atoms with van der Waals surface area (Å²) in [5.41, 5.74) is 1.26. The van der Waals surface area contributed by atoms with Crippen LogP contribution in [0.15, 0.2) is 46.9 Å². The number of carboxylic acids is 1. The van der Waals surface area contributed by atoms with E-state index in [1.165, 1.54) is 12.1 Å². The second kappa shape index (κ2) is 9.89. The molecule has 37 heavy (non-hydrogen) atoms. The average molecular weight is 572 g/mol. The molecule has 1 atom stereocenters. The van der Waals surface area contributed by atoms with Gasteiger partial charge in [-0.3, -0.25) is 19.3 Å². The fourth-order valence-corrected chi connectivity index (χ4v) is 6.24. The van der Waals surface area contributed by atoms with Gasteiger partial charge in [-0.05, 0) is 79.5 Å². The molecule has 2 aromatic carbocycles. The van der Waals surface area contributed by atoms with Crippen LogP contribution in [0.3, 0.4) is 0 Å². The zero-order valence-electron chi connectivity index (χ0n) is 20.1. The first-order valence-electron chi connectivity index (χ1n) is 12.4. The quantitative estimate of drug-likeness (QED) is 0.510. The Hall–Kier alpha value is -3.27. The van der Waals surface area contributed by atoms with E-state index in [-0.39, 0.29) is 12.6 Å². The van der Waals surface area contributed by atoms with Crippen LogP contribution in [-0.2, 0) is 32.9 Å². The van der Waals surface area contributed by atoms with Gasteiger partial charge in [0.15, 0.2) is 0 Å². The van der Waals surface area contributed by atoms with Gasteiger partial charge < -0.3 is 15.3 Å². The molecule has 2 aromatic rings. The van der Waals surface area contributed by atoms with Crippen molar-refractivity contribution in [2.24, 2.45) is 5.92 Å². The molecule has 2 fully saturated rings. The van der Waals surface area contributed by atoms with E-state index in [9.17, 15) is 28.7 Å². The van der Waals surface area contributed by atoms with E-state index in [0.717, 1.165) is 20.5 Å². The van der Waals surface area contributed by atoms with Crippen LogP contribution in [0.25, 0.3) is 0 Å². The van der Waals surface area contributed by atoms with Crippen molar-refractivity contribution in [2.75, 3.05) is 6.54 Å². The minimum Gasteiger partial charge on any atom is -0.481 e. The number of carbonyl (C=O) groups excluding carboxylic acids is 3. The molecule has 1 saturated carbocycles. The predicted molar refractivity (Wildman–Crippen MR) is 135 cm³/mol. The van der Waals surface area contributed by atoms with Crippen molar-refractivity contribution in [3.05, 3.63) is 69.4 Å². The highest BCUT2D eigenvalue weighted by Gasteiger charge is 2.55. The first kappa shape index (κ1) is 25.4. The smallest absolute Gasteiger partial charge is 0.325 e. The molecule has 0 bridgehead atoms. The molecule has 1 saturated heterocycles. The molecule has 194 valence electrons. The number of fused-ring (bicyclic) bond motifs is 2. The SMILES string of the molecule is O=C(O)C1CCC(N(Cc2ccc(F)cc2)C(=O)CN2C(=O)N[C@]3(CCc4cc(Br)ccc43)C2=O)CC1. The highest BCUT2D eigenvalue weighted by Crippen LogP contribution is 2.42. The number of halogens is 2. The fourth-order valence-electron chi connectivity index (χ4n) is 5.83. The highest BCUT2D eigenvalue weighted by atomic mass is 79.9. The number of hydrogen-bond donors (Lipinski definition) is 2. The number of nitrogens with zero attached hydrogens (tertiary/aromatic N) is 2. The van der Waals surface area contributed by atoms with E-state index in [4.69, 9.17) is 0 Å². The number of carbonyl (C=O) groups is 4. The summed E-state index contributed by atoms with van der Waals surface area (Å²) >= 11 is 3.44. The van der Waals surface area contributed by atoms with Crippen LogP contribution in [-0.4, -0.2) is 51.3 Å². The Morgan fingerprint density at radius 1 is 1.11 bits per heavy atom. The number of amides is 4. The monoisotopic (exact) mass is 571 g/mol. The highest BCUT2D eigenvalue weighted by molar-refractivity contribution is 9.10. The van der Waals surface area contributed by atoms with E-state index in [0.29, 0.717) is 44.1 Å². The molecule has 2 aliphatic carbocycles. The van der Waals surface area contributed by atoms with Gasteiger partial charge in [0.05, 0.1) is 5.92 Å². The number of nitrogens with one attached hydrogen (secondary N) is 1. The summed E-state index contributed by atoms with van der Waals surface area (Å²) in [6, 6.07) is 10.6. The third-order valence-electron chi connectivity index (χ3n) is 7.84. The van der Waals surface area contributed by atoms with E-state index >= 15 is 0 Å². The molecule has 5 rings (SSSR count). The lowest BCUT2D eigenvalue weighted by Gasteiger charge is -2.36. The summed E-state index contributed by atoms with van der Waals surface area (Å²) in [6.45, 7) is -0.245. The molecule has 10 heteroatoms. The third kappa shape index (κ3) is 4.74. The van der Waals surface area contributed by atoms with Gasteiger partial charge in [0.2, 0.25) is 5.91 Å². The van der Waals surface area contributed by atoms with Crippen LogP contribution in [0.1, 0.15) is 48.8 Å². The van der Waals surface area contributed by atoms with Gasteiger partial charge in [0, 0.05) is 17.1 Å². The van der Waals surface area contributed by atoms with E-state index in [1.807, 2.05) is 18.2 Å². The Kier molecular flexibility index (Phi) is 6.78. The van der Waals surface area contributed by atoms with E-state index in [2.05, 4.69) is 21.2 Å². The van der Waals surface area contributed by atoms with Gasteiger partial charge >= 0.3 is 12.0 Å². The molecule has 8 nitrogen and oxygen atoms in total. The third-order valence-corrected chi connectivity index (χ3v) is 8.33. The second-order valence-electron chi connectivity index (χ2n) is 10.0. The number of rotatable bonds is 6. The van der Waals surface area contributed by atoms with Crippen LogP contribution in [0.2, 0.25) is 0 Å². The fraction of sp³-hybridized carbons (Fsp3) is 0.407. The van der Waals surface area contributed by atoms with Gasteiger partial charge in [0.1, 0.15) is 17.9 Å².